The van der Waals surface area contributed by atoms with E-state index in [2.05, 4.69) is 62.2 Å². The highest BCUT2D eigenvalue weighted by Crippen LogP contribution is 2.62. The van der Waals surface area contributed by atoms with Gasteiger partial charge >= 0.3 is 0 Å². The zero-order valence-electron chi connectivity index (χ0n) is 5.93. The normalized spacial score (nSPS) is 26.5. The fourth-order valence-electron chi connectivity index (χ4n) is 1.26. The van der Waals surface area contributed by atoms with E-state index in [1.165, 1.54) is 12.0 Å². The molecule has 2 heteroatoms. The number of halogens is 2. The molecule has 0 N–H and O–H groups in total. The molecule has 1 aromatic carbocycles. The molecule has 2 rings (SSSR count). The molecule has 0 aliphatic heterocycles. The standard InChI is InChI=1S/C9H8Br2/c10-9(11)6-8(9)7-4-2-1-3-5-7/h1-5,8H,6H2/t8-/m0/s1. The van der Waals surface area contributed by atoms with Crippen LogP contribution in [0.25, 0.3) is 0 Å². The van der Waals surface area contributed by atoms with Crippen molar-refractivity contribution in [2.75, 3.05) is 0 Å². The quantitative estimate of drug-likeness (QED) is 0.687. The Balaban J connectivity index is 2.21. The molecule has 1 atom stereocenters. The summed E-state index contributed by atoms with van der Waals surface area (Å²) in [5.74, 6) is 0.656. The molecule has 11 heavy (non-hydrogen) atoms. The third-order valence-corrected chi connectivity index (χ3v) is 3.78. The van der Waals surface area contributed by atoms with Crippen molar-refractivity contribution < 1.29 is 0 Å². The van der Waals surface area contributed by atoms with Crippen LogP contribution in [0, 0.1) is 0 Å². The maximum absolute atomic E-state index is 3.61. The molecule has 1 saturated carbocycles. The Morgan fingerprint density at radius 1 is 1.18 bits per heavy atom. The summed E-state index contributed by atoms with van der Waals surface area (Å²) in [5.41, 5.74) is 1.42. The first-order valence-electron chi connectivity index (χ1n) is 3.63. The number of alkyl halides is 2. The molecule has 1 aliphatic carbocycles. The molecule has 0 unspecified atom stereocenters. The van der Waals surface area contributed by atoms with E-state index < -0.39 is 0 Å². The van der Waals surface area contributed by atoms with E-state index in [0.717, 1.165) is 0 Å². The van der Waals surface area contributed by atoms with Crippen LogP contribution in [-0.4, -0.2) is 3.23 Å². The van der Waals surface area contributed by atoms with Gasteiger partial charge in [-0.05, 0) is 12.0 Å². The number of hydrogen-bond acceptors (Lipinski definition) is 0. The van der Waals surface area contributed by atoms with Crippen LogP contribution in [0.3, 0.4) is 0 Å². The van der Waals surface area contributed by atoms with Crippen LogP contribution in [0.2, 0.25) is 0 Å². The van der Waals surface area contributed by atoms with Gasteiger partial charge in [0.2, 0.25) is 0 Å². The summed E-state index contributed by atoms with van der Waals surface area (Å²) in [6.45, 7) is 0. The van der Waals surface area contributed by atoms with Crippen molar-refractivity contribution in [1.29, 1.82) is 0 Å². The molecule has 1 fully saturated rings. The lowest BCUT2D eigenvalue weighted by Crippen LogP contribution is -1.86. The van der Waals surface area contributed by atoms with Gasteiger partial charge in [-0.3, -0.25) is 0 Å². The maximum atomic E-state index is 3.61. The van der Waals surface area contributed by atoms with E-state index in [9.17, 15) is 0 Å². The van der Waals surface area contributed by atoms with Crippen molar-refractivity contribution in [1.82, 2.24) is 0 Å². The van der Waals surface area contributed by atoms with Crippen LogP contribution in [0.1, 0.15) is 17.9 Å². The summed E-state index contributed by atoms with van der Waals surface area (Å²) in [4.78, 5) is 0. The van der Waals surface area contributed by atoms with Gasteiger partial charge in [0.1, 0.15) is 0 Å². The second kappa shape index (κ2) is 2.60. The van der Waals surface area contributed by atoms with E-state index in [4.69, 9.17) is 0 Å². The third-order valence-electron chi connectivity index (χ3n) is 2.03. The molecule has 1 aliphatic rings. The van der Waals surface area contributed by atoms with Crippen LogP contribution in [0.5, 0.6) is 0 Å². The van der Waals surface area contributed by atoms with Crippen LogP contribution in [-0.2, 0) is 0 Å². The minimum atomic E-state index is 0.196. The minimum Gasteiger partial charge on any atom is -0.0720 e. The molecule has 0 heterocycles. The molecule has 0 aromatic heterocycles. The molecule has 0 nitrogen and oxygen atoms in total. The summed E-state index contributed by atoms with van der Waals surface area (Å²) in [6, 6.07) is 10.6. The molecule has 0 amide bonds. The second-order valence-corrected chi connectivity index (χ2v) is 6.82. The van der Waals surface area contributed by atoms with E-state index in [1.54, 1.807) is 0 Å². The predicted octanol–water partition coefficient (Wildman–Crippen LogP) is 3.66. The van der Waals surface area contributed by atoms with Crippen LogP contribution in [0.15, 0.2) is 30.3 Å². The van der Waals surface area contributed by atoms with E-state index in [1.807, 2.05) is 0 Å². The van der Waals surface area contributed by atoms with Gasteiger partial charge < -0.3 is 0 Å². The first kappa shape index (κ1) is 7.81. The lowest BCUT2D eigenvalue weighted by atomic mass is 10.1. The van der Waals surface area contributed by atoms with Crippen molar-refractivity contribution in [2.24, 2.45) is 0 Å². The average Bonchev–Trinajstić information content (AvgIpc) is 2.62. The molecule has 0 saturated heterocycles. The summed E-state index contributed by atoms with van der Waals surface area (Å²) in [5, 5.41) is 0. The van der Waals surface area contributed by atoms with Crippen LogP contribution >= 0.6 is 31.9 Å². The molecular weight excluding hydrogens is 268 g/mol. The van der Waals surface area contributed by atoms with Gasteiger partial charge in [-0.25, -0.2) is 0 Å². The fourth-order valence-corrected chi connectivity index (χ4v) is 2.44. The Labute approximate surface area is 83.3 Å². The Bertz CT molecular complexity index is 254. The average molecular weight is 276 g/mol. The highest BCUT2D eigenvalue weighted by molar-refractivity contribution is 9.25. The SMILES string of the molecule is BrC1(Br)C[C@H]1c1ccccc1. The van der Waals surface area contributed by atoms with Crippen molar-refractivity contribution in [3.8, 4) is 0 Å². The highest BCUT2D eigenvalue weighted by atomic mass is 79.9. The third kappa shape index (κ3) is 1.52. The number of benzene rings is 1. The van der Waals surface area contributed by atoms with Crippen molar-refractivity contribution in [2.45, 2.75) is 15.6 Å². The lowest BCUT2D eigenvalue weighted by molar-refractivity contribution is 1.13. The van der Waals surface area contributed by atoms with Crippen LogP contribution < -0.4 is 0 Å². The topological polar surface area (TPSA) is 0 Å². The highest BCUT2D eigenvalue weighted by Gasteiger charge is 2.50. The Morgan fingerprint density at radius 3 is 2.18 bits per heavy atom. The van der Waals surface area contributed by atoms with E-state index >= 15 is 0 Å². The van der Waals surface area contributed by atoms with Crippen LogP contribution in [0.4, 0.5) is 0 Å². The Morgan fingerprint density at radius 2 is 1.73 bits per heavy atom. The molecule has 58 valence electrons. The first-order chi connectivity index (χ1) is 5.20. The van der Waals surface area contributed by atoms with Gasteiger partial charge in [-0.2, -0.15) is 0 Å². The number of rotatable bonds is 1. The Kier molecular flexibility index (Phi) is 1.84. The fraction of sp³-hybridized carbons (Fsp3) is 0.333. The molecule has 0 spiro atoms. The zero-order chi connectivity index (χ0) is 7.90. The maximum Gasteiger partial charge on any atom is 0.0881 e. The summed E-state index contributed by atoms with van der Waals surface area (Å²) < 4.78 is 0.196. The second-order valence-electron chi connectivity index (χ2n) is 2.93. The molecule has 0 radical (unpaired) electrons. The van der Waals surface area contributed by atoms with Crippen molar-refractivity contribution >= 4 is 31.9 Å². The number of hydrogen-bond donors (Lipinski definition) is 0. The van der Waals surface area contributed by atoms with Gasteiger partial charge in [0, 0.05) is 5.92 Å². The van der Waals surface area contributed by atoms with Gasteiger partial charge in [0.15, 0.2) is 0 Å². The van der Waals surface area contributed by atoms with Crippen molar-refractivity contribution in [3.05, 3.63) is 35.9 Å². The zero-order valence-corrected chi connectivity index (χ0v) is 9.10. The molecule has 0 bridgehead atoms. The van der Waals surface area contributed by atoms with E-state index in [-0.39, 0.29) is 3.23 Å². The summed E-state index contributed by atoms with van der Waals surface area (Å²) >= 11 is 7.21. The van der Waals surface area contributed by atoms with Gasteiger partial charge in [0.25, 0.3) is 0 Å². The summed E-state index contributed by atoms with van der Waals surface area (Å²) in [7, 11) is 0. The summed E-state index contributed by atoms with van der Waals surface area (Å²) in [6.07, 6.45) is 1.19. The van der Waals surface area contributed by atoms with Gasteiger partial charge in [0.05, 0.1) is 3.23 Å². The lowest BCUT2D eigenvalue weighted by Gasteiger charge is -1.98. The minimum absolute atomic E-state index is 0.196. The monoisotopic (exact) mass is 274 g/mol. The smallest absolute Gasteiger partial charge is 0.0720 e. The van der Waals surface area contributed by atoms with Gasteiger partial charge in [-0.1, -0.05) is 62.2 Å². The first-order valence-corrected chi connectivity index (χ1v) is 5.21. The predicted molar refractivity (Wildman–Crippen MR) is 54.4 cm³/mol. The van der Waals surface area contributed by atoms with Crippen molar-refractivity contribution in [3.63, 3.8) is 0 Å². The molecular formula is C9H8Br2. The van der Waals surface area contributed by atoms with Gasteiger partial charge in [-0.15, -0.1) is 0 Å². The largest absolute Gasteiger partial charge is 0.0881 e. The molecule has 1 aromatic rings. The Hall–Kier alpha value is 0.180. The van der Waals surface area contributed by atoms with E-state index in [0.29, 0.717) is 5.92 Å².